The summed E-state index contributed by atoms with van der Waals surface area (Å²) in [7, 11) is 0. The molecule has 21 heavy (non-hydrogen) atoms. The van der Waals surface area contributed by atoms with Crippen LogP contribution in [0.3, 0.4) is 0 Å². The van der Waals surface area contributed by atoms with Crippen molar-refractivity contribution in [3.05, 3.63) is 33.8 Å². The van der Waals surface area contributed by atoms with Crippen LogP contribution in [0.5, 0.6) is 0 Å². The second kappa shape index (κ2) is 7.30. The van der Waals surface area contributed by atoms with E-state index < -0.39 is 5.60 Å². The summed E-state index contributed by atoms with van der Waals surface area (Å²) < 4.78 is 0. The van der Waals surface area contributed by atoms with Crippen LogP contribution >= 0.6 is 23.2 Å². The average Bonchev–Trinajstić information content (AvgIpc) is 2.60. The zero-order valence-corrected chi connectivity index (χ0v) is 14.0. The van der Waals surface area contributed by atoms with E-state index in [4.69, 9.17) is 28.9 Å². The van der Waals surface area contributed by atoms with Gasteiger partial charge in [-0.05, 0) is 57.3 Å². The first-order valence-corrected chi connectivity index (χ1v) is 8.29. The molecule has 0 amide bonds. The molecule has 1 heterocycles. The van der Waals surface area contributed by atoms with E-state index in [2.05, 4.69) is 4.90 Å². The van der Waals surface area contributed by atoms with Crippen LogP contribution in [-0.4, -0.2) is 35.2 Å². The molecule has 1 aromatic carbocycles. The Kier molecular flexibility index (Phi) is 5.92. The lowest BCUT2D eigenvalue weighted by Crippen LogP contribution is -2.30. The van der Waals surface area contributed by atoms with Crippen LogP contribution < -0.4 is 5.73 Å². The summed E-state index contributed by atoms with van der Waals surface area (Å²) in [6.07, 6.45) is 3.55. The Morgan fingerprint density at radius 2 is 2.10 bits per heavy atom. The van der Waals surface area contributed by atoms with Gasteiger partial charge in [0.1, 0.15) is 0 Å². The third kappa shape index (κ3) is 4.83. The molecule has 0 saturated carbocycles. The van der Waals surface area contributed by atoms with E-state index in [9.17, 15) is 5.11 Å². The molecule has 0 aromatic heterocycles. The summed E-state index contributed by atoms with van der Waals surface area (Å²) in [4.78, 5) is 2.37. The highest BCUT2D eigenvalue weighted by Crippen LogP contribution is 2.30. The van der Waals surface area contributed by atoms with E-state index in [1.54, 1.807) is 6.07 Å². The Bertz CT molecular complexity index is 479. The maximum absolute atomic E-state index is 10.1. The molecular formula is C16H24Cl2N2O. The highest BCUT2D eigenvalue weighted by Gasteiger charge is 2.25. The van der Waals surface area contributed by atoms with Gasteiger partial charge in [0.05, 0.1) is 15.6 Å². The van der Waals surface area contributed by atoms with Gasteiger partial charge in [-0.2, -0.15) is 0 Å². The van der Waals surface area contributed by atoms with Gasteiger partial charge < -0.3 is 15.7 Å². The maximum atomic E-state index is 10.1. The second-order valence-corrected chi connectivity index (χ2v) is 7.02. The summed E-state index contributed by atoms with van der Waals surface area (Å²) in [5, 5.41) is 11.2. The number of hydrogen-bond acceptors (Lipinski definition) is 3. The summed E-state index contributed by atoms with van der Waals surface area (Å²) in [6, 6.07) is 5.48. The fraction of sp³-hybridized carbons (Fsp3) is 0.625. The molecule has 1 aliphatic heterocycles. The number of benzene rings is 1. The first kappa shape index (κ1) is 17.0. The zero-order valence-electron chi connectivity index (χ0n) is 12.5. The van der Waals surface area contributed by atoms with Crippen molar-refractivity contribution in [1.29, 1.82) is 0 Å². The van der Waals surface area contributed by atoms with Gasteiger partial charge in [-0.15, -0.1) is 0 Å². The standard InChI is InChI=1S/C16H24Cl2N2O/c1-16(21)7-3-9-20(11-8-16)10-6-14(19)12-4-2-5-13(17)15(12)18/h2,4-5,14,21H,3,6-11,19H2,1H3. The molecule has 0 aliphatic carbocycles. The minimum Gasteiger partial charge on any atom is -0.390 e. The van der Waals surface area contributed by atoms with Crippen molar-refractivity contribution in [3.8, 4) is 0 Å². The summed E-state index contributed by atoms with van der Waals surface area (Å²) >= 11 is 12.2. The monoisotopic (exact) mass is 330 g/mol. The van der Waals surface area contributed by atoms with Gasteiger partial charge in [0, 0.05) is 12.6 Å². The fourth-order valence-electron chi connectivity index (χ4n) is 2.83. The van der Waals surface area contributed by atoms with Crippen LogP contribution in [0.4, 0.5) is 0 Å². The van der Waals surface area contributed by atoms with Crippen LogP contribution in [-0.2, 0) is 0 Å². The van der Waals surface area contributed by atoms with Crippen LogP contribution in [0.15, 0.2) is 18.2 Å². The lowest BCUT2D eigenvalue weighted by molar-refractivity contribution is 0.0446. The van der Waals surface area contributed by atoms with E-state index in [1.807, 2.05) is 19.1 Å². The van der Waals surface area contributed by atoms with Crippen molar-refractivity contribution in [1.82, 2.24) is 4.90 Å². The first-order chi connectivity index (χ1) is 9.89. The van der Waals surface area contributed by atoms with Gasteiger partial charge in [0.25, 0.3) is 0 Å². The summed E-state index contributed by atoms with van der Waals surface area (Å²) in [5.74, 6) is 0. The lowest BCUT2D eigenvalue weighted by Gasteiger charge is -2.24. The predicted molar refractivity (Wildman–Crippen MR) is 88.9 cm³/mol. The Morgan fingerprint density at radius 3 is 2.86 bits per heavy atom. The number of hydrogen-bond donors (Lipinski definition) is 2. The Morgan fingerprint density at radius 1 is 1.33 bits per heavy atom. The van der Waals surface area contributed by atoms with E-state index in [0.717, 1.165) is 50.9 Å². The SMILES string of the molecule is CC1(O)CCCN(CCC(N)c2cccc(Cl)c2Cl)CC1. The van der Waals surface area contributed by atoms with Gasteiger partial charge in [-0.25, -0.2) is 0 Å². The van der Waals surface area contributed by atoms with Crippen molar-refractivity contribution in [2.24, 2.45) is 5.73 Å². The Balaban J connectivity index is 1.89. The van der Waals surface area contributed by atoms with Gasteiger partial charge in [-0.3, -0.25) is 0 Å². The first-order valence-electron chi connectivity index (χ1n) is 7.53. The smallest absolute Gasteiger partial charge is 0.0640 e. The van der Waals surface area contributed by atoms with Crippen LogP contribution in [0.1, 0.15) is 44.2 Å². The predicted octanol–water partition coefficient (Wildman–Crippen LogP) is 3.62. The topological polar surface area (TPSA) is 49.5 Å². The zero-order chi connectivity index (χ0) is 15.5. The number of likely N-dealkylation sites (tertiary alicyclic amines) is 1. The third-order valence-electron chi connectivity index (χ3n) is 4.29. The van der Waals surface area contributed by atoms with E-state index in [0.29, 0.717) is 10.0 Å². The third-order valence-corrected chi connectivity index (χ3v) is 5.13. The molecule has 3 N–H and O–H groups in total. The normalized spacial score (nSPS) is 25.6. The van der Waals surface area contributed by atoms with Crippen LogP contribution in [0.25, 0.3) is 0 Å². The molecule has 1 aromatic rings. The maximum Gasteiger partial charge on any atom is 0.0640 e. The van der Waals surface area contributed by atoms with E-state index in [1.165, 1.54) is 0 Å². The fourth-order valence-corrected chi connectivity index (χ4v) is 3.27. The molecule has 118 valence electrons. The largest absolute Gasteiger partial charge is 0.390 e. The van der Waals surface area contributed by atoms with Gasteiger partial charge in [0.15, 0.2) is 0 Å². The molecule has 2 atom stereocenters. The number of aliphatic hydroxyl groups is 1. The molecule has 1 fully saturated rings. The average molecular weight is 331 g/mol. The molecule has 2 rings (SSSR count). The number of halogens is 2. The molecule has 0 spiro atoms. The van der Waals surface area contributed by atoms with Crippen molar-refractivity contribution >= 4 is 23.2 Å². The quantitative estimate of drug-likeness (QED) is 0.886. The molecule has 5 heteroatoms. The molecular weight excluding hydrogens is 307 g/mol. The van der Waals surface area contributed by atoms with Crippen molar-refractivity contribution < 1.29 is 5.11 Å². The van der Waals surface area contributed by atoms with Crippen molar-refractivity contribution in [2.45, 2.75) is 44.2 Å². The molecule has 1 aliphatic rings. The Labute approximate surface area is 137 Å². The highest BCUT2D eigenvalue weighted by atomic mass is 35.5. The van der Waals surface area contributed by atoms with Gasteiger partial charge in [-0.1, -0.05) is 35.3 Å². The second-order valence-electron chi connectivity index (χ2n) is 6.23. The minimum atomic E-state index is -0.521. The number of nitrogens with zero attached hydrogens (tertiary/aromatic N) is 1. The Hall–Kier alpha value is -0.320. The van der Waals surface area contributed by atoms with Crippen LogP contribution in [0.2, 0.25) is 10.0 Å². The minimum absolute atomic E-state index is 0.111. The molecule has 1 saturated heterocycles. The molecule has 0 bridgehead atoms. The molecule has 3 nitrogen and oxygen atoms in total. The highest BCUT2D eigenvalue weighted by molar-refractivity contribution is 6.42. The number of rotatable bonds is 4. The van der Waals surface area contributed by atoms with E-state index >= 15 is 0 Å². The summed E-state index contributed by atoms with van der Waals surface area (Å²) in [6.45, 7) is 4.78. The van der Waals surface area contributed by atoms with Gasteiger partial charge >= 0.3 is 0 Å². The lowest BCUT2D eigenvalue weighted by atomic mass is 9.98. The van der Waals surface area contributed by atoms with Crippen molar-refractivity contribution in [2.75, 3.05) is 19.6 Å². The summed E-state index contributed by atoms with van der Waals surface area (Å²) in [5.41, 5.74) is 6.64. The van der Waals surface area contributed by atoms with Crippen molar-refractivity contribution in [3.63, 3.8) is 0 Å². The molecule has 2 unspecified atom stereocenters. The van der Waals surface area contributed by atoms with Gasteiger partial charge in [0.2, 0.25) is 0 Å². The number of nitrogens with two attached hydrogens (primary N) is 1. The van der Waals surface area contributed by atoms with E-state index in [-0.39, 0.29) is 6.04 Å². The van der Waals surface area contributed by atoms with Crippen LogP contribution in [0, 0.1) is 0 Å². The molecule has 0 radical (unpaired) electrons.